The molecule has 1 saturated heterocycles. The van der Waals surface area contributed by atoms with E-state index >= 15 is 0 Å². The van der Waals surface area contributed by atoms with Crippen molar-refractivity contribution in [1.29, 1.82) is 0 Å². The molecule has 0 aliphatic carbocycles. The lowest BCUT2D eigenvalue weighted by Gasteiger charge is -2.34. The predicted molar refractivity (Wildman–Crippen MR) is 130 cm³/mol. The van der Waals surface area contributed by atoms with Crippen molar-refractivity contribution in [2.45, 2.75) is 26.2 Å². The summed E-state index contributed by atoms with van der Waals surface area (Å²) in [6.45, 7) is 4.26. The van der Waals surface area contributed by atoms with Gasteiger partial charge in [-0.2, -0.15) is 0 Å². The van der Waals surface area contributed by atoms with Crippen LogP contribution in [0.3, 0.4) is 0 Å². The molecule has 0 saturated carbocycles. The molecule has 0 atom stereocenters. The monoisotopic (exact) mass is 453 g/mol. The van der Waals surface area contributed by atoms with Crippen LogP contribution < -0.4 is 5.32 Å². The molecule has 3 amide bonds. The molecule has 7 heteroatoms. The number of carbonyl (C=O) groups is 3. The highest BCUT2D eigenvalue weighted by atomic mass is 32.2. The molecular weight excluding hydrogens is 422 g/mol. The average Bonchev–Trinajstić information content (AvgIpc) is 2.81. The van der Waals surface area contributed by atoms with Crippen LogP contribution in [-0.2, 0) is 20.8 Å². The highest BCUT2D eigenvalue weighted by Crippen LogP contribution is 2.12. The normalized spacial score (nSPS) is 13.7. The largest absolute Gasteiger partial charge is 0.339 e. The van der Waals surface area contributed by atoms with Gasteiger partial charge in [0.15, 0.2) is 0 Å². The Morgan fingerprint density at radius 3 is 2.12 bits per heavy atom. The van der Waals surface area contributed by atoms with Crippen molar-refractivity contribution in [3.8, 4) is 0 Å². The third kappa shape index (κ3) is 7.71. The maximum Gasteiger partial charge on any atom is 0.234 e. The molecule has 0 radical (unpaired) electrons. The van der Waals surface area contributed by atoms with Crippen molar-refractivity contribution in [3.63, 3.8) is 0 Å². The van der Waals surface area contributed by atoms with E-state index in [1.54, 1.807) is 4.90 Å². The quantitative estimate of drug-likeness (QED) is 0.632. The van der Waals surface area contributed by atoms with Gasteiger partial charge in [-0.25, -0.2) is 0 Å². The van der Waals surface area contributed by atoms with Crippen molar-refractivity contribution in [1.82, 2.24) is 9.80 Å². The number of nitrogens with zero attached hydrogens (tertiary/aromatic N) is 2. The standard InChI is InChI=1S/C25H31N3O3S/c1-20-10-12-22(13-11-20)26-23(29)18-32-19-25(31)28-16-14-27(15-17-28)24(30)9-5-8-21-6-3-2-4-7-21/h2-4,6-7,10-13H,5,8-9,14-19H2,1H3,(H,26,29). The highest BCUT2D eigenvalue weighted by Gasteiger charge is 2.23. The SMILES string of the molecule is Cc1ccc(NC(=O)CSCC(=O)N2CCN(C(=O)CCCc3ccccc3)CC2)cc1. The number of nitrogens with one attached hydrogen (secondary N) is 1. The Balaban J connectivity index is 1.29. The van der Waals surface area contributed by atoms with Crippen molar-refractivity contribution < 1.29 is 14.4 Å². The molecular formula is C25H31N3O3S. The lowest BCUT2D eigenvalue weighted by molar-refractivity contribution is -0.138. The summed E-state index contributed by atoms with van der Waals surface area (Å²) in [7, 11) is 0. The van der Waals surface area contributed by atoms with Crippen LogP contribution in [-0.4, -0.2) is 65.2 Å². The Morgan fingerprint density at radius 1 is 0.844 bits per heavy atom. The number of rotatable bonds is 9. The van der Waals surface area contributed by atoms with Gasteiger partial charge in [0.1, 0.15) is 0 Å². The van der Waals surface area contributed by atoms with E-state index in [9.17, 15) is 14.4 Å². The van der Waals surface area contributed by atoms with Crippen LogP contribution >= 0.6 is 11.8 Å². The summed E-state index contributed by atoms with van der Waals surface area (Å²) in [6, 6.07) is 17.8. The third-order valence-corrected chi connectivity index (χ3v) is 6.40. The fourth-order valence-corrected chi connectivity index (χ4v) is 4.32. The zero-order chi connectivity index (χ0) is 22.8. The van der Waals surface area contributed by atoms with E-state index in [0.29, 0.717) is 32.6 Å². The minimum atomic E-state index is -0.113. The van der Waals surface area contributed by atoms with Crippen LogP contribution in [0.15, 0.2) is 54.6 Å². The number of anilines is 1. The summed E-state index contributed by atoms with van der Waals surface area (Å²) in [6.07, 6.45) is 2.28. The van der Waals surface area contributed by atoms with Crippen LogP contribution in [0.4, 0.5) is 5.69 Å². The topological polar surface area (TPSA) is 69.7 Å². The Hall–Kier alpha value is -2.80. The van der Waals surface area contributed by atoms with Gasteiger partial charge in [-0.3, -0.25) is 14.4 Å². The molecule has 170 valence electrons. The van der Waals surface area contributed by atoms with E-state index in [1.165, 1.54) is 17.3 Å². The number of hydrogen-bond acceptors (Lipinski definition) is 4. The van der Waals surface area contributed by atoms with Gasteiger partial charge in [-0.15, -0.1) is 11.8 Å². The molecule has 1 N–H and O–H groups in total. The minimum absolute atomic E-state index is 0.0225. The summed E-state index contributed by atoms with van der Waals surface area (Å²) < 4.78 is 0. The third-order valence-electron chi connectivity index (χ3n) is 5.48. The van der Waals surface area contributed by atoms with Crippen LogP contribution in [0.25, 0.3) is 0 Å². The van der Waals surface area contributed by atoms with Crippen molar-refractivity contribution in [2.24, 2.45) is 0 Å². The second-order valence-electron chi connectivity index (χ2n) is 8.01. The smallest absolute Gasteiger partial charge is 0.234 e. The Morgan fingerprint density at radius 2 is 1.47 bits per heavy atom. The van der Waals surface area contributed by atoms with Crippen LogP contribution in [0, 0.1) is 6.92 Å². The Labute approximate surface area is 194 Å². The van der Waals surface area contributed by atoms with E-state index in [1.807, 2.05) is 54.3 Å². The lowest BCUT2D eigenvalue weighted by atomic mass is 10.1. The number of benzene rings is 2. The van der Waals surface area contributed by atoms with E-state index in [4.69, 9.17) is 0 Å². The molecule has 1 fully saturated rings. The molecule has 1 aliphatic heterocycles. The van der Waals surface area contributed by atoms with Gasteiger partial charge in [-0.1, -0.05) is 48.0 Å². The summed E-state index contributed by atoms with van der Waals surface area (Å²) in [5.41, 5.74) is 3.15. The maximum atomic E-state index is 12.5. The van der Waals surface area contributed by atoms with Gasteiger partial charge in [-0.05, 0) is 37.5 Å². The summed E-state index contributed by atoms with van der Waals surface area (Å²) >= 11 is 1.32. The fraction of sp³-hybridized carbons (Fsp3) is 0.400. The van der Waals surface area contributed by atoms with Crippen molar-refractivity contribution in [3.05, 3.63) is 65.7 Å². The zero-order valence-electron chi connectivity index (χ0n) is 18.6. The van der Waals surface area contributed by atoms with E-state index in [-0.39, 0.29) is 29.2 Å². The molecule has 0 aromatic heterocycles. The van der Waals surface area contributed by atoms with Crippen LogP contribution in [0.2, 0.25) is 0 Å². The van der Waals surface area contributed by atoms with Gasteiger partial charge in [0, 0.05) is 38.3 Å². The number of aryl methyl sites for hydroxylation is 2. The number of hydrogen-bond donors (Lipinski definition) is 1. The van der Waals surface area contributed by atoms with Crippen molar-refractivity contribution >= 4 is 35.2 Å². The summed E-state index contributed by atoms with van der Waals surface area (Å²) in [4.78, 5) is 40.6. The minimum Gasteiger partial charge on any atom is -0.339 e. The second-order valence-corrected chi connectivity index (χ2v) is 8.99. The van der Waals surface area contributed by atoms with E-state index in [2.05, 4.69) is 17.4 Å². The molecule has 32 heavy (non-hydrogen) atoms. The summed E-state index contributed by atoms with van der Waals surface area (Å²) in [5, 5.41) is 2.84. The van der Waals surface area contributed by atoms with Gasteiger partial charge >= 0.3 is 0 Å². The average molecular weight is 454 g/mol. The summed E-state index contributed by atoms with van der Waals surface area (Å²) in [5.74, 6) is 0.577. The molecule has 0 bridgehead atoms. The van der Waals surface area contributed by atoms with Crippen LogP contribution in [0.5, 0.6) is 0 Å². The molecule has 2 aromatic carbocycles. The maximum absolute atomic E-state index is 12.5. The van der Waals surface area contributed by atoms with Gasteiger partial charge in [0.2, 0.25) is 17.7 Å². The molecule has 1 aliphatic rings. The Kier molecular flexibility index (Phi) is 9.16. The van der Waals surface area contributed by atoms with Crippen molar-refractivity contribution in [2.75, 3.05) is 43.0 Å². The van der Waals surface area contributed by atoms with Gasteiger partial charge in [0.05, 0.1) is 11.5 Å². The first-order valence-corrected chi connectivity index (χ1v) is 12.2. The predicted octanol–water partition coefficient (Wildman–Crippen LogP) is 3.36. The molecule has 3 rings (SSSR count). The molecule has 2 aromatic rings. The molecule has 1 heterocycles. The second kappa shape index (κ2) is 12.3. The fourth-order valence-electron chi connectivity index (χ4n) is 3.61. The first kappa shape index (κ1) is 23.9. The zero-order valence-corrected chi connectivity index (χ0v) is 19.4. The molecule has 6 nitrogen and oxygen atoms in total. The van der Waals surface area contributed by atoms with E-state index in [0.717, 1.165) is 24.1 Å². The Bertz CT molecular complexity index is 894. The number of thioether (sulfide) groups is 1. The van der Waals surface area contributed by atoms with Gasteiger partial charge in [0.25, 0.3) is 0 Å². The number of amides is 3. The number of carbonyl (C=O) groups excluding carboxylic acids is 3. The van der Waals surface area contributed by atoms with Crippen LogP contribution in [0.1, 0.15) is 24.0 Å². The molecule has 0 spiro atoms. The number of piperazine rings is 1. The van der Waals surface area contributed by atoms with Gasteiger partial charge < -0.3 is 15.1 Å². The first-order chi connectivity index (χ1) is 15.5. The molecule has 0 unspecified atom stereocenters. The van der Waals surface area contributed by atoms with E-state index < -0.39 is 0 Å². The lowest BCUT2D eigenvalue weighted by Crippen LogP contribution is -2.51. The first-order valence-electron chi connectivity index (χ1n) is 11.0. The highest BCUT2D eigenvalue weighted by molar-refractivity contribution is 8.00.